The van der Waals surface area contributed by atoms with Crippen LogP contribution in [0.5, 0.6) is 0 Å². The molecule has 3 amide bonds. The Labute approximate surface area is 141 Å². The minimum absolute atomic E-state index is 0.0252. The number of carbonyl (C=O) groups excluding carboxylic acids is 3. The van der Waals surface area contributed by atoms with Crippen molar-refractivity contribution in [2.45, 2.75) is 20.0 Å². The number of nitrogens with one attached hydrogen (secondary N) is 1. The average Bonchev–Trinajstić information content (AvgIpc) is 2.39. The molecule has 120 valence electrons. The smallest absolute Gasteiger partial charge is 0.342 e. The Morgan fingerprint density at radius 1 is 1.14 bits per heavy atom. The Hall–Kier alpha value is -1.50. The molecule has 0 saturated carbocycles. The molecule has 0 unspecified atom stereocenters. The van der Waals surface area contributed by atoms with E-state index in [4.69, 9.17) is 45.3 Å². The van der Waals surface area contributed by atoms with Crippen LogP contribution in [0.3, 0.4) is 0 Å². The number of amides is 3. The van der Waals surface area contributed by atoms with Gasteiger partial charge in [-0.2, -0.15) is 0 Å². The fourth-order valence-electron chi connectivity index (χ4n) is 1.57. The molecule has 0 aliphatic heterocycles. The molecule has 1 rings (SSSR count). The van der Waals surface area contributed by atoms with Crippen LogP contribution in [0.2, 0.25) is 15.1 Å². The molecule has 0 saturated heterocycles. The van der Waals surface area contributed by atoms with Crippen LogP contribution >= 0.6 is 34.8 Å². The van der Waals surface area contributed by atoms with Gasteiger partial charge in [-0.15, -0.1) is 0 Å². The first-order valence-corrected chi connectivity index (χ1v) is 7.23. The summed E-state index contributed by atoms with van der Waals surface area (Å²) in [4.78, 5) is 34.8. The average molecular weight is 368 g/mol. The Morgan fingerprint density at radius 3 is 2.18 bits per heavy atom. The number of rotatable bonds is 4. The van der Waals surface area contributed by atoms with Gasteiger partial charge in [-0.05, 0) is 18.1 Å². The second-order valence-corrected chi connectivity index (χ2v) is 5.83. The van der Waals surface area contributed by atoms with Crippen LogP contribution < -0.4 is 11.1 Å². The lowest BCUT2D eigenvalue weighted by Crippen LogP contribution is -2.45. The Bertz CT molecular complexity index is 620. The topological polar surface area (TPSA) is 98.5 Å². The number of hydrogen-bond acceptors (Lipinski definition) is 4. The van der Waals surface area contributed by atoms with E-state index in [2.05, 4.69) is 0 Å². The minimum atomic E-state index is -1.24. The molecule has 0 aliphatic carbocycles. The molecule has 0 spiro atoms. The molecule has 22 heavy (non-hydrogen) atoms. The first kappa shape index (κ1) is 18.5. The van der Waals surface area contributed by atoms with E-state index in [1.54, 1.807) is 13.8 Å². The highest BCUT2D eigenvalue weighted by atomic mass is 35.5. The van der Waals surface area contributed by atoms with Gasteiger partial charge in [0.05, 0.1) is 20.6 Å². The molecule has 0 aliphatic rings. The number of nitrogens with two attached hydrogens (primary N) is 1. The van der Waals surface area contributed by atoms with Gasteiger partial charge in [-0.25, -0.2) is 9.59 Å². The third-order valence-corrected chi connectivity index (χ3v) is 3.71. The molecular formula is C13H13Cl3N2O4. The third kappa shape index (κ3) is 4.50. The number of imide groups is 1. The Morgan fingerprint density at radius 2 is 1.68 bits per heavy atom. The fourth-order valence-corrected chi connectivity index (χ4v) is 2.26. The second-order valence-electron chi connectivity index (χ2n) is 4.64. The van der Waals surface area contributed by atoms with Crippen molar-refractivity contribution in [3.63, 3.8) is 0 Å². The Kier molecular flexibility index (Phi) is 6.47. The zero-order valence-corrected chi connectivity index (χ0v) is 13.9. The fraction of sp³-hybridized carbons (Fsp3) is 0.308. The summed E-state index contributed by atoms with van der Waals surface area (Å²) in [6, 6.07) is 1.74. The maximum absolute atomic E-state index is 12.2. The minimum Gasteiger partial charge on any atom is -0.448 e. The van der Waals surface area contributed by atoms with Crippen molar-refractivity contribution in [1.29, 1.82) is 0 Å². The lowest BCUT2D eigenvalue weighted by Gasteiger charge is -2.20. The maximum Gasteiger partial charge on any atom is 0.342 e. The van der Waals surface area contributed by atoms with E-state index in [1.165, 1.54) is 12.1 Å². The summed E-state index contributed by atoms with van der Waals surface area (Å²) in [5.74, 6) is -2.19. The van der Waals surface area contributed by atoms with Crippen LogP contribution in [0.1, 0.15) is 24.2 Å². The quantitative estimate of drug-likeness (QED) is 0.631. The summed E-state index contributed by atoms with van der Waals surface area (Å²) in [7, 11) is 0. The number of esters is 1. The Balaban J connectivity index is 3.05. The molecule has 1 aromatic carbocycles. The highest BCUT2D eigenvalue weighted by Gasteiger charge is 2.30. The van der Waals surface area contributed by atoms with E-state index in [9.17, 15) is 14.4 Å². The normalized spacial score (nSPS) is 11.9. The molecule has 0 heterocycles. The zero-order chi connectivity index (χ0) is 17.0. The largest absolute Gasteiger partial charge is 0.448 e. The predicted octanol–water partition coefficient (Wildman–Crippen LogP) is 3.02. The SMILES string of the molecule is CC(C)[C@@H](OC(=O)c1c(Cl)ccc(Cl)c1Cl)C(=O)NC(N)=O. The zero-order valence-electron chi connectivity index (χ0n) is 11.7. The molecule has 1 atom stereocenters. The van der Waals surface area contributed by atoms with Gasteiger partial charge in [0, 0.05) is 0 Å². The number of carbonyl (C=O) groups is 3. The summed E-state index contributed by atoms with van der Waals surface area (Å²) in [6.07, 6.45) is -1.24. The van der Waals surface area contributed by atoms with Crippen molar-refractivity contribution >= 4 is 52.7 Å². The van der Waals surface area contributed by atoms with Crippen LogP contribution in [-0.2, 0) is 9.53 Å². The summed E-state index contributed by atoms with van der Waals surface area (Å²) < 4.78 is 5.09. The molecule has 3 N–H and O–H groups in total. The second kappa shape index (κ2) is 7.67. The first-order valence-electron chi connectivity index (χ1n) is 6.10. The van der Waals surface area contributed by atoms with E-state index in [0.717, 1.165) is 0 Å². The third-order valence-electron chi connectivity index (χ3n) is 2.59. The summed E-state index contributed by atoms with van der Waals surface area (Å²) in [5.41, 5.74) is 4.71. The lowest BCUT2D eigenvalue weighted by atomic mass is 10.1. The maximum atomic E-state index is 12.2. The summed E-state index contributed by atoms with van der Waals surface area (Å²) >= 11 is 17.7. The van der Waals surface area contributed by atoms with Gasteiger partial charge >= 0.3 is 12.0 Å². The van der Waals surface area contributed by atoms with E-state index >= 15 is 0 Å². The molecule has 0 radical (unpaired) electrons. The van der Waals surface area contributed by atoms with Crippen LogP contribution in [-0.4, -0.2) is 24.0 Å². The van der Waals surface area contributed by atoms with E-state index < -0.39 is 29.9 Å². The van der Waals surface area contributed by atoms with Gasteiger partial charge in [0.15, 0.2) is 6.10 Å². The van der Waals surface area contributed by atoms with Crippen LogP contribution in [0.4, 0.5) is 4.79 Å². The number of halogens is 3. The molecule has 0 fully saturated rings. The standard InChI is InChI=1S/C13H13Cl3N2O4/c1-5(2)10(11(19)18-13(17)21)22-12(20)8-6(14)3-4-7(15)9(8)16/h3-5,10H,1-2H3,(H3,17,18,19,21)/t10-/m1/s1. The lowest BCUT2D eigenvalue weighted by molar-refractivity contribution is -0.130. The van der Waals surface area contributed by atoms with Crippen molar-refractivity contribution < 1.29 is 19.1 Å². The van der Waals surface area contributed by atoms with Gasteiger partial charge in [0.25, 0.3) is 5.91 Å². The van der Waals surface area contributed by atoms with Gasteiger partial charge in [-0.1, -0.05) is 48.7 Å². The van der Waals surface area contributed by atoms with Crippen molar-refractivity contribution in [1.82, 2.24) is 5.32 Å². The van der Waals surface area contributed by atoms with Gasteiger partial charge in [0.2, 0.25) is 0 Å². The highest BCUT2D eigenvalue weighted by molar-refractivity contribution is 6.46. The van der Waals surface area contributed by atoms with Crippen molar-refractivity contribution in [3.8, 4) is 0 Å². The molecule has 0 aromatic heterocycles. The number of primary amides is 1. The number of hydrogen-bond donors (Lipinski definition) is 2. The van der Waals surface area contributed by atoms with Crippen molar-refractivity contribution in [3.05, 3.63) is 32.8 Å². The number of urea groups is 1. The monoisotopic (exact) mass is 366 g/mol. The summed E-state index contributed by atoms with van der Waals surface area (Å²) in [5, 5.41) is 1.90. The van der Waals surface area contributed by atoms with Crippen LogP contribution in [0.25, 0.3) is 0 Å². The first-order chi connectivity index (χ1) is 10.1. The highest BCUT2D eigenvalue weighted by Crippen LogP contribution is 2.32. The molecular weight excluding hydrogens is 355 g/mol. The summed E-state index contributed by atoms with van der Waals surface area (Å²) in [6.45, 7) is 3.25. The molecule has 9 heteroatoms. The van der Waals surface area contributed by atoms with Crippen molar-refractivity contribution in [2.75, 3.05) is 0 Å². The van der Waals surface area contributed by atoms with Gasteiger partial charge in [-0.3, -0.25) is 10.1 Å². The number of ether oxygens (including phenoxy) is 1. The van der Waals surface area contributed by atoms with Gasteiger partial charge in [0.1, 0.15) is 0 Å². The molecule has 1 aromatic rings. The predicted molar refractivity (Wildman–Crippen MR) is 83.2 cm³/mol. The molecule has 0 bridgehead atoms. The van der Waals surface area contributed by atoms with Gasteiger partial charge < -0.3 is 10.5 Å². The van der Waals surface area contributed by atoms with Crippen molar-refractivity contribution in [2.24, 2.45) is 11.7 Å². The van der Waals surface area contributed by atoms with E-state index in [1.807, 2.05) is 5.32 Å². The van der Waals surface area contributed by atoms with E-state index in [-0.39, 0.29) is 20.6 Å². The van der Waals surface area contributed by atoms with Crippen LogP contribution in [0, 0.1) is 5.92 Å². The van der Waals surface area contributed by atoms with Crippen LogP contribution in [0.15, 0.2) is 12.1 Å². The molecule has 6 nitrogen and oxygen atoms in total. The number of benzene rings is 1. The van der Waals surface area contributed by atoms with E-state index in [0.29, 0.717) is 0 Å².